The molecule has 0 heterocycles. The van der Waals surface area contributed by atoms with Crippen molar-refractivity contribution < 1.29 is 14.3 Å². The van der Waals surface area contributed by atoms with E-state index in [1.807, 2.05) is 13.8 Å². The van der Waals surface area contributed by atoms with Crippen LogP contribution in [0.5, 0.6) is 0 Å². The van der Waals surface area contributed by atoms with Crippen molar-refractivity contribution in [2.45, 2.75) is 50.9 Å². The zero-order valence-corrected chi connectivity index (χ0v) is 12.2. The van der Waals surface area contributed by atoms with E-state index in [9.17, 15) is 4.79 Å². The van der Waals surface area contributed by atoms with Crippen LogP contribution in [-0.4, -0.2) is 36.3 Å². The van der Waals surface area contributed by atoms with Gasteiger partial charge in [-0.05, 0) is 50.2 Å². The van der Waals surface area contributed by atoms with Crippen LogP contribution in [0.4, 0.5) is 0 Å². The van der Waals surface area contributed by atoms with E-state index < -0.39 is 0 Å². The summed E-state index contributed by atoms with van der Waals surface area (Å²) in [6, 6.07) is 0. The van der Waals surface area contributed by atoms with E-state index in [0.717, 1.165) is 17.6 Å². The van der Waals surface area contributed by atoms with Crippen molar-refractivity contribution in [3.63, 3.8) is 0 Å². The van der Waals surface area contributed by atoms with E-state index in [1.165, 1.54) is 25.7 Å². The first kappa shape index (κ1) is 14.2. The predicted octanol–water partition coefficient (Wildman–Crippen LogP) is 2.88. The third-order valence-electron chi connectivity index (χ3n) is 4.08. The molecule has 2 fully saturated rings. The summed E-state index contributed by atoms with van der Waals surface area (Å²) in [6.07, 6.45) is 5.74. The minimum absolute atomic E-state index is 0.0579. The van der Waals surface area contributed by atoms with Crippen molar-refractivity contribution in [1.82, 2.24) is 0 Å². The number of rotatable bonds is 7. The highest BCUT2D eigenvalue weighted by Gasteiger charge is 2.39. The van der Waals surface area contributed by atoms with Crippen LogP contribution < -0.4 is 0 Å². The summed E-state index contributed by atoms with van der Waals surface area (Å²) in [6.45, 7) is 4.91. The average Bonchev–Trinajstić information content (AvgIpc) is 2.96. The summed E-state index contributed by atoms with van der Waals surface area (Å²) in [5.41, 5.74) is 0. The van der Waals surface area contributed by atoms with Crippen molar-refractivity contribution in [2.24, 2.45) is 11.8 Å². The average molecular weight is 272 g/mol. The summed E-state index contributed by atoms with van der Waals surface area (Å²) in [7, 11) is 0. The molecule has 0 spiro atoms. The lowest BCUT2D eigenvalue weighted by atomic mass is 9.98. The fourth-order valence-electron chi connectivity index (χ4n) is 3.17. The second kappa shape index (κ2) is 6.80. The third-order valence-corrected chi connectivity index (χ3v) is 5.11. The van der Waals surface area contributed by atoms with Gasteiger partial charge in [0.25, 0.3) is 0 Å². The SMILES string of the molecule is CCSC(C)C(=O)OCCOC1CC2CCC1C2. The molecule has 3 nitrogen and oxygen atoms in total. The van der Waals surface area contributed by atoms with Gasteiger partial charge in [-0.15, -0.1) is 11.8 Å². The Morgan fingerprint density at radius 1 is 1.33 bits per heavy atom. The molecule has 4 heteroatoms. The molecule has 2 rings (SSSR count). The fourth-order valence-corrected chi connectivity index (χ4v) is 3.87. The number of carbonyl (C=O) groups excluding carboxylic acids is 1. The van der Waals surface area contributed by atoms with Crippen LogP contribution in [0, 0.1) is 11.8 Å². The first-order valence-corrected chi connectivity index (χ1v) is 8.15. The minimum Gasteiger partial charge on any atom is -0.462 e. The van der Waals surface area contributed by atoms with Gasteiger partial charge in [0.1, 0.15) is 6.61 Å². The van der Waals surface area contributed by atoms with Crippen molar-refractivity contribution in [3.05, 3.63) is 0 Å². The zero-order valence-electron chi connectivity index (χ0n) is 11.4. The Labute approximate surface area is 114 Å². The molecule has 4 unspecified atom stereocenters. The van der Waals surface area contributed by atoms with Gasteiger partial charge in [-0.25, -0.2) is 0 Å². The maximum atomic E-state index is 11.6. The number of carbonyl (C=O) groups is 1. The Morgan fingerprint density at radius 2 is 2.17 bits per heavy atom. The molecular weight excluding hydrogens is 248 g/mol. The van der Waals surface area contributed by atoms with E-state index in [2.05, 4.69) is 0 Å². The quantitative estimate of drug-likeness (QED) is 0.527. The monoisotopic (exact) mass is 272 g/mol. The topological polar surface area (TPSA) is 35.5 Å². The number of thioether (sulfide) groups is 1. The first-order chi connectivity index (χ1) is 8.70. The molecule has 4 atom stereocenters. The molecule has 0 saturated heterocycles. The Morgan fingerprint density at radius 3 is 2.78 bits per heavy atom. The van der Waals surface area contributed by atoms with Crippen LogP contribution in [0.15, 0.2) is 0 Å². The van der Waals surface area contributed by atoms with Gasteiger partial charge in [0.05, 0.1) is 18.0 Å². The highest BCUT2D eigenvalue weighted by molar-refractivity contribution is 8.00. The van der Waals surface area contributed by atoms with E-state index in [4.69, 9.17) is 9.47 Å². The lowest BCUT2D eigenvalue weighted by Crippen LogP contribution is -2.24. The standard InChI is InChI=1S/C14H24O3S/c1-3-18-10(2)14(15)17-7-6-16-13-9-11-4-5-12(13)8-11/h10-13H,3-9H2,1-2H3. The Kier molecular flexibility index (Phi) is 5.37. The molecule has 0 amide bonds. The molecule has 0 N–H and O–H groups in total. The van der Waals surface area contributed by atoms with Crippen LogP contribution in [0.3, 0.4) is 0 Å². The van der Waals surface area contributed by atoms with Crippen LogP contribution >= 0.6 is 11.8 Å². The molecule has 2 saturated carbocycles. The van der Waals surface area contributed by atoms with E-state index in [1.54, 1.807) is 11.8 Å². The summed E-state index contributed by atoms with van der Waals surface area (Å²) in [5.74, 6) is 2.51. The molecular formula is C14H24O3S. The zero-order chi connectivity index (χ0) is 13.0. The van der Waals surface area contributed by atoms with Crippen LogP contribution in [0.25, 0.3) is 0 Å². The molecule has 104 valence electrons. The second-order valence-corrected chi connectivity index (χ2v) is 6.97. The van der Waals surface area contributed by atoms with Gasteiger partial charge in [-0.1, -0.05) is 6.92 Å². The molecule has 2 aliphatic carbocycles. The van der Waals surface area contributed by atoms with Gasteiger partial charge >= 0.3 is 5.97 Å². The van der Waals surface area contributed by atoms with E-state index in [-0.39, 0.29) is 11.2 Å². The summed E-state index contributed by atoms with van der Waals surface area (Å²) in [4.78, 5) is 11.6. The maximum Gasteiger partial charge on any atom is 0.318 e. The van der Waals surface area contributed by atoms with Crippen molar-refractivity contribution in [2.75, 3.05) is 19.0 Å². The normalized spacial score (nSPS) is 31.6. The van der Waals surface area contributed by atoms with Crippen molar-refractivity contribution in [3.8, 4) is 0 Å². The maximum absolute atomic E-state index is 11.6. The number of hydrogen-bond acceptors (Lipinski definition) is 4. The lowest BCUT2D eigenvalue weighted by Gasteiger charge is -2.22. The number of esters is 1. The first-order valence-electron chi connectivity index (χ1n) is 7.10. The Balaban J connectivity index is 1.55. The molecule has 2 aliphatic rings. The van der Waals surface area contributed by atoms with Gasteiger partial charge in [0, 0.05) is 0 Å². The van der Waals surface area contributed by atoms with E-state index in [0.29, 0.717) is 19.3 Å². The van der Waals surface area contributed by atoms with Gasteiger partial charge in [0.2, 0.25) is 0 Å². The van der Waals surface area contributed by atoms with Crippen molar-refractivity contribution in [1.29, 1.82) is 0 Å². The largest absolute Gasteiger partial charge is 0.462 e. The summed E-state index contributed by atoms with van der Waals surface area (Å²) in [5, 5.41) is -0.0579. The third kappa shape index (κ3) is 3.64. The van der Waals surface area contributed by atoms with Gasteiger partial charge < -0.3 is 9.47 Å². The highest BCUT2D eigenvalue weighted by Crippen LogP contribution is 2.45. The van der Waals surface area contributed by atoms with Crippen LogP contribution in [0.1, 0.15) is 39.5 Å². The molecule has 0 aromatic rings. The predicted molar refractivity (Wildman–Crippen MR) is 73.7 cm³/mol. The van der Waals surface area contributed by atoms with Gasteiger partial charge in [0.15, 0.2) is 0 Å². The highest BCUT2D eigenvalue weighted by atomic mass is 32.2. The molecule has 0 aliphatic heterocycles. The molecule has 2 bridgehead atoms. The smallest absolute Gasteiger partial charge is 0.318 e. The number of fused-ring (bicyclic) bond motifs is 2. The van der Waals surface area contributed by atoms with E-state index >= 15 is 0 Å². The minimum atomic E-state index is -0.113. The Bertz CT molecular complexity index is 282. The van der Waals surface area contributed by atoms with Crippen LogP contribution in [0.2, 0.25) is 0 Å². The fraction of sp³-hybridized carbons (Fsp3) is 0.929. The van der Waals surface area contributed by atoms with Crippen molar-refractivity contribution >= 4 is 17.7 Å². The van der Waals surface area contributed by atoms with Gasteiger partial charge in [-0.2, -0.15) is 0 Å². The number of ether oxygens (including phenoxy) is 2. The van der Waals surface area contributed by atoms with Gasteiger partial charge in [-0.3, -0.25) is 4.79 Å². The molecule has 0 aromatic heterocycles. The number of hydrogen-bond donors (Lipinski definition) is 0. The second-order valence-electron chi connectivity index (χ2n) is 5.35. The Hall–Kier alpha value is -0.220. The lowest BCUT2D eigenvalue weighted by molar-refractivity contribution is -0.145. The van der Waals surface area contributed by atoms with Crippen LogP contribution in [-0.2, 0) is 14.3 Å². The summed E-state index contributed by atoms with van der Waals surface area (Å²) >= 11 is 1.62. The molecule has 0 aromatic carbocycles. The summed E-state index contributed by atoms with van der Waals surface area (Å²) < 4.78 is 11.1. The molecule has 0 radical (unpaired) electrons. The molecule has 18 heavy (non-hydrogen) atoms.